The molecule has 6 nitrogen and oxygen atoms in total. The average molecular weight is 539 g/mol. The van der Waals surface area contributed by atoms with Crippen LogP contribution in [0.2, 0.25) is 0 Å². The van der Waals surface area contributed by atoms with Crippen LogP contribution in [-0.4, -0.2) is 13.1 Å². The van der Waals surface area contributed by atoms with Gasteiger partial charge in [-0.25, -0.2) is 0 Å². The number of benzene rings is 2. The number of aryl methyl sites for hydroxylation is 2. The molecule has 0 aliphatic heterocycles. The third kappa shape index (κ3) is 9.38. The molecule has 2 rings (SSSR count). The molecule has 188 valence electrons. The van der Waals surface area contributed by atoms with Crippen LogP contribution in [0.5, 0.6) is 11.5 Å². The molecule has 33 heavy (non-hydrogen) atoms. The van der Waals surface area contributed by atoms with E-state index < -0.39 is 0 Å². The van der Waals surface area contributed by atoms with Crippen molar-refractivity contribution in [3.63, 3.8) is 0 Å². The van der Waals surface area contributed by atoms with E-state index in [0.29, 0.717) is 13.1 Å². The second-order valence-corrected chi connectivity index (χ2v) is 10.5. The topological polar surface area (TPSA) is 127 Å². The Hall–Kier alpha value is -1.43. The predicted molar refractivity (Wildman–Crippen MR) is 123 cm³/mol. The Labute approximate surface area is 214 Å². The third-order valence-corrected chi connectivity index (χ3v) is 5.35. The number of hydrogen-bond donors (Lipinski definition) is 2. The monoisotopic (exact) mass is 540 g/mol. The van der Waals surface area contributed by atoms with E-state index in [4.69, 9.17) is 0 Å². The quantitative estimate of drug-likeness (QED) is 0.412. The fourth-order valence-corrected chi connectivity index (χ4v) is 3.70. The van der Waals surface area contributed by atoms with E-state index >= 15 is 0 Å². The molecule has 2 aromatic carbocycles. The van der Waals surface area contributed by atoms with Crippen molar-refractivity contribution in [2.45, 2.75) is 79.3 Å². The Balaban J connectivity index is 0. The van der Waals surface area contributed by atoms with Crippen molar-refractivity contribution in [1.82, 2.24) is 10.6 Å². The number of hydrogen-bond acceptors (Lipinski definition) is 4. The first-order valence-electron chi connectivity index (χ1n) is 10.8. The van der Waals surface area contributed by atoms with Gasteiger partial charge < -0.3 is 31.8 Å². The Kier molecular flexibility index (Phi) is 13.8. The molecule has 0 heterocycles. The van der Waals surface area contributed by atoms with Gasteiger partial charge >= 0.3 is 0 Å². The van der Waals surface area contributed by atoms with E-state index in [9.17, 15) is 10.2 Å². The summed E-state index contributed by atoms with van der Waals surface area (Å²) < 4.78 is 0. The summed E-state index contributed by atoms with van der Waals surface area (Å²) in [4.78, 5) is 0. The molecule has 0 radical (unpaired) electrons. The summed E-state index contributed by atoms with van der Waals surface area (Å²) in [5.74, 6) is 0.276. The van der Waals surface area contributed by atoms with Gasteiger partial charge in [-0.3, -0.25) is 0 Å². The van der Waals surface area contributed by atoms with Crippen LogP contribution in [0.3, 0.4) is 0 Å². The second-order valence-electron chi connectivity index (χ2n) is 10.5. The van der Waals surface area contributed by atoms with Crippen molar-refractivity contribution in [3.8, 4) is 11.5 Å². The normalized spacial score (nSPS) is 11.3. The second kappa shape index (κ2) is 13.5. The zero-order valence-electron chi connectivity index (χ0n) is 21.2. The third-order valence-electron chi connectivity index (χ3n) is 5.35. The van der Waals surface area contributed by atoms with E-state index in [1.165, 1.54) is 0 Å². The van der Waals surface area contributed by atoms with Crippen LogP contribution in [0.1, 0.15) is 74.9 Å². The van der Waals surface area contributed by atoms with E-state index in [1.54, 1.807) is 0 Å². The van der Waals surface area contributed by atoms with Crippen LogP contribution >= 0.6 is 0 Å². The molecule has 7 heteroatoms. The predicted octanol–water partition coefficient (Wildman–Crippen LogP) is 3.68. The van der Waals surface area contributed by atoms with Crippen molar-refractivity contribution in [3.05, 3.63) is 57.6 Å². The van der Waals surface area contributed by atoms with Gasteiger partial charge in [0.1, 0.15) is 0 Å². The first-order chi connectivity index (χ1) is 13.8. The molecule has 0 aromatic heterocycles. The first-order valence-corrected chi connectivity index (χ1v) is 10.8. The zero-order chi connectivity index (χ0) is 22.7. The maximum absolute atomic E-state index is 12.8. The van der Waals surface area contributed by atoms with Crippen molar-refractivity contribution >= 4 is 0 Å². The number of nitrogens with one attached hydrogen (secondary N) is 2. The van der Waals surface area contributed by atoms with Crippen LogP contribution in [0, 0.1) is 13.8 Å². The Morgan fingerprint density at radius 3 is 1.21 bits per heavy atom. The van der Waals surface area contributed by atoms with Crippen molar-refractivity contribution in [2.24, 2.45) is 0 Å². The van der Waals surface area contributed by atoms with Crippen LogP contribution < -0.4 is 20.8 Å². The maximum Gasteiger partial charge on any atom is 0.0200 e. The minimum atomic E-state index is -0.158. The van der Waals surface area contributed by atoms with Gasteiger partial charge in [-0.05, 0) is 46.9 Å². The van der Waals surface area contributed by atoms with Crippen LogP contribution in [0.25, 0.3) is 0 Å². The SMILES string of the molecule is Cc1cc(CNCCNCc2cc(C)cc(C(C)(C)C)c2[O-])c([O-])c(C(C)(C)C)c1.[Mo].[O-2].[O-2]. The summed E-state index contributed by atoms with van der Waals surface area (Å²) in [6, 6.07) is 7.95. The molecule has 2 aromatic rings. The van der Waals surface area contributed by atoms with Gasteiger partial charge in [-0.1, -0.05) is 76.9 Å². The Morgan fingerprint density at radius 2 is 0.939 bits per heavy atom. The summed E-state index contributed by atoms with van der Waals surface area (Å²) in [6.45, 7) is 19.1. The molecule has 0 saturated heterocycles. The van der Waals surface area contributed by atoms with Gasteiger partial charge in [-0.15, -0.1) is 11.5 Å². The van der Waals surface area contributed by atoms with Crippen LogP contribution in [0.15, 0.2) is 24.3 Å². The minimum Gasteiger partial charge on any atom is -2.00 e. The number of rotatable bonds is 7. The molecule has 0 aliphatic rings. The fourth-order valence-electron chi connectivity index (χ4n) is 3.70. The minimum absolute atomic E-state index is 0. The summed E-state index contributed by atoms with van der Waals surface area (Å²) in [6.07, 6.45) is 0. The molecule has 2 N–H and O–H groups in total. The Bertz CT molecular complexity index is 814. The molecule has 0 fully saturated rings. The van der Waals surface area contributed by atoms with Gasteiger partial charge in [-0.2, -0.15) is 0 Å². The molecule has 0 saturated carbocycles. The standard InChI is InChI=1S/C26H40N2O2.Mo.2O/c1-17-11-19(23(29)21(13-17)25(3,4)5)15-27-9-10-28-16-20-12-18(2)14-22(24(20)30)26(6,7)8;;;/h11-14,27-30H,9-10,15-16H2,1-8H3;;;/q;;2*-2/p-2. The molecule has 0 unspecified atom stereocenters. The van der Waals surface area contributed by atoms with Crippen molar-refractivity contribution in [1.29, 1.82) is 0 Å². The van der Waals surface area contributed by atoms with Gasteiger partial charge in [0.2, 0.25) is 0 Å². The van der Waals surface area contributed by atoms with E-state index in [1.807, 2.05) is 38.1 Å². The van der Waals surface area contributed by atoms with Crippen molar-refractivity contribution < 1.29 is 42.2 Å². The molecule has 0 atom stereocenters. The van der Waals surface area contributed by atoms with Crippen molar-refractivity contribution in [2.75, 3.05) is 13.1 Å². The fraction of sp³-hybridized carbons (Fsp3) is 0.538. The molecule has 0 bridgehead atoms. The molecular weight excluding hydrogens is 500 g/mol. The summed E-state index contributed by atoms with van der Waals surface area (Å²) >= 11 is 0. The molecule has 0 spiro atoms. The smallest absolute Gasteiger partial charge is 0.0200 e. The largest absolute Gasteiger partial charge is 2.00 e. The first kappa shape index (κ1) is 33.7. The van der Waals surface area contributed by atoms with Gasteiger partial charge in [0.25, 0.3) is 0 Å². The summed E-state index contributed by atoms with van der Waals surface area (Å²) in [7, 11) is 0. The Morgan fingerprint density at radius 1 is 0.636 bits per heavy atom. The van der Waals surface area contributed by atoms with Crippen LogP contribution in [-0.2, 0) is 55.9 Å². The molecule has 0 aliphatic carbocycles. The molecular formula is C26H38MoN2O4-6. The zero-order valence-corrected chi connectivity index (χ0v) is 23.2. The van der Waals surface area contributed by atoms with Crippen LogP contribution in [0.4, 0.5) is 0 Å². The van der Waals surface area contributed by atoms with Gasteiger partial charge in [0, 0.05) is 47.2 Å². The van der Waals surface area contributed by atoms with Gasteiger partial charge in [0.05, 0.1) is 0 Å². The average Bonchev–Trinajstić information content (AvgIpc) is 2.60. The van der Waals surface area contributed by atoms with E-state index in [2.05, 4.69) is 52.2 Å². The summed E-state index contributed by atoms with van der Waals surface area (Å²) in [5, 5.41) is 32.2. The van der Waals surface area contributed by atoms with E-state index in [0.717, 1.165) is 46.5 Å². The van der Waals surface area contributed by atoms with Gasteiger partial charge in [0.15, 0.2) is 0 Å². The maximum atomic E-state index is 12.8. The summed E-state index contributed by atoms with van der Waals surface area (Å²) in [5.41, 5.74) is 5.29. The molecule has 0 amide bonds. The van der Waals surface area contributed by atoms with E-state index in [-0.39, 0.29) is 54.3 Å².